The minimum atomic E-state index is -0.955. The molecule has 1 aliphatic rings. The van der Waals surface area contributed by atoms with Crippen LogP contribution in [0, 0.1) is 5.41 Å². The molecular formula is C14H26N2O4. The number of carboxylic acids is 1. The molecule has 0 spiro atoms. The average Bonchev–Trinajstić information content (AvgIpc) is 2.42. The van der Waals surface area contributed by atoms with Crippen LogP contribution in [0.4, 0.5) is 4.79 Å². The van der Waals surface area contributed by atoms with E-state index in [2.05, 4.69) is 12.2 Å². The number of carbonyl (C=O) groups is 2. The van der Waals surface area contributed by atoms with E-state index in [0.717, 1.165) is 19.3 Å². The standard InChI is InChI=1S/C14H26N2O4/c1-4-8-20-11-6-5-7-16(9-11)13(19)15-10-14(2,3)12(17)18/h11H,4-10H2,1-3H3,(H,15,19)(H,17,18). The fourth-order valence-electron chi connectivity index (χ4n) is 2.03. The number of nitrogens with one attached hydrogen (secondary N) is 1. The molecule has 0 radical (unpaired) electrons. The first kappa shape index (κ1) is 16.8. The second kappa shape index (κ2) is 7.47. The number of carbonyl (C=O) groups excluding carboxylic acids is 1. The summed E-state index contributed by atoms with van der Waals surface area (Å²) < 4.78 is 5.68. The van der Waals surface area contributed by atoms with E-state index in [9.17, 15) is 9.59 Å². The molecule has 1 rings (SSSR count). The summed E-state index contributed by atoms with van der Waals surface area (Å²) >= 11 is 0. The maximum absolute atomic E-state index is 12.1. The quantitative estimate of drug-likeness (QED) is 0.779. The molecule has 2 N–H and O–H groups in total. The number of urea groups is 1. The van der Waals surface area contributed by atoms with Crippen molar-refractivity contribution in [2.45, 2.75) is 46.1 Å². The van der Waals surface area contributed by atoms with E-state index in [1.165, 1.54) is 0 Å². The number of nitrogens with zero attached hydrogens (tertiary/aromatic N) is 1. The molecule has 1 heterocycles. The zero-order valence-corrected chi connectivity index (χ0v) is 12.6. The Balaban J connectivity index is 2.41. The van der Waals surface area contributed by atoms with Gasteiger partial charge in [-0.05, 0) is 33.1 Å². The summed E-state index contributed by atoms with van der Waals surface area (Å²) in [6.45, 7) is 7.37. The lowest BCUT2D eigenvalue weighted by Crippen LogP contribution is -2.50. The van der Waals surface area contributed by atoms with Crippen LogP contribution in [0.1, 0.15) is 40.0 Å². The monoisotopic (exact) mass is 286 g/mol. The fourth-order valence-corrected chi connectivity index (χ4v) is 2.03. The largest absolute Gasteiger partial charge is 0.481 e. The number of carboxylic acid groups (broad SMARTS) is 1. The van der Waals surface area contributed by atoms with Crippen molar-refractivity contribution in [1.29, 1.82) is 0 Å². The van der Waals surface area contributed by atoms with Gasteiger partial charge in [-0.3, -0.25) is 4.79 Å². The Morgan fingerprint density at radius 1 is 1.45 bits per heavy atom. The Morgan fingerprint density at radius 3 is 2.75 bits per heavy atom. The minimum Gasteiger partial charge on any atom is -0.481 e. The summed E-state index contributed by atoms with van der Waals surface area (Å²) in [5.74, 6) is -0.916. The van der Waals surface area contributed by atoms with Gasteiger partial charge in [-0.2, -0.15) is 0 Å². The number of aliphatic carboxylic acids is 1. The molecule has 0 aromatic carbocycles. The lowest BCUT2D eigenvalue weighted by Gasteiger charge is -2.33. The van der Waals surface area contributed by atoms with Gasteiger partial charge >= 0.3 is 12.0 Å². The van der Waals surface area contributed by atoms with Crippen LogP contribution in [0.25, 0.3) is 0 Å². The number of hydrogen-bond acceptors (Lipinski definition) is 3. The van der Waals surface area contributed by atoms with Crippen molar-refractivity contribution in [3.63, 3.8) is 0 Å². The van der Waals surface area contributed by atoms with E-state index in [4.69, 9.17) is 9.84 Å². The van der Waals surface area contributed by atoms with Crippen LogP contribution in [-0.4, -0.2) is 54.4 Å². The molecular weight excluding hydrogens is 260 g/mol. The van der Waals surface area contributed by atoms with Crippen molar-refractivity contribution in [2.24, 2.45) is 5.41 Å². The highest BCUT2D eigenvalue weighted by molar-refractivity contribution is 5.77. The maximum Gasteiger partial charge on any atom is 0.317 e. The first-order valence-electron chi connectivity index (χ1n) is 7.24. The number of hydrogen-bond donors (Lipinski definition) is 2. The summed E-state index contributed by atoms with van der Waals surface area (Å²) in [7, 11) is 0. The van der Waals surface area contributed by atoms with E-state index in [0.29, 0.717) is 19.7 Å². The van der Waals surface area contributed by atoms with Crippen molar-refractivity contribution < 1.29 is 19.4 Å². The first-order chi connectivity index (χ1) is 9.36. The molecule has 0 aromatic heterocycles. The normalized spacial score (nSPS) is 19.8. The number of piperidine rings is 1. The molecule has 1 atom stereocenters. The van der Waals surface area contributed by atoms with Crippen molar-refractivity contribution in [1.82, 2.24) is 10.2 Å². The molecule has 1 unspecified atom stereocenters. The number of rotatable bonds is 6. The van der Waals surface area contributed by atoms with Crippen LogP contribution < -0.4 is 5.32 Å². The summed E-state index contributed by atoms with van der Waals surface area (Å²) in [6.07, 6.45) is 2.96. The van der Waals surface area contributed by atoms with E-state index in [-0.39, 0.29) is 18.7 Å². The molecule has 6 nitrogen and oxygen atoms in total. The fraction of sp³-hybridized carbons (Fsp3) is 0.857. The van der Waals surface area contributed by atoms with Crippen LogP contribution in [0.2, 0.25) is 0 Å². The lowest BCUT2D eigenvalue weighted by atomic mass is 9.94. The van der Waals surface area contributed by atoms with Gasteiger partial charge in [-0.25, -0.2) is 4.79 Å². The molecule has 0 aromatic rings. The molecule has 116 valence electrons. The third-order valence-electron chi connectivity index (χ3n) is 3.48. The Hall–Kier alpha value is -1.30. The van der Waals surface area contributed by atoms with E-state index < -0.39 is 11.4 Å². The molecule has 0 bridgehead atoms. The topological polar surface area (TPSA) is 78.9 Å². The summed E-state index contributed by atoms with van der Waals surface area (Å²) in [5, 5.41) is 11.7. The molecule has 0 saturated carbocycles. The molecule has 1 fully saturated rings. The minimum absolute atomic E-state index is 0.0990. The number of ether oxygens (including phenoxy) is 1. The Labute approximate surface area is 120 Å². The molecule has 1 aliphatic heterocycles. The van der Waals surface area contributed by atoms with Crippen LogP contribution in [0.15, 0.2) is 0 Å². The Kier molecular flexibility index (Phi) is 6.26. The Morgan fingerprint density at radius 2 is 2.15 bits per heavy atom. The van der Waals surface area contributed by atoms with Gasteiger partial charge in [0.25, 0.3) is 0 Å². The molecule has 20 heavy (non-hydrogen) atoms. The highest BCUT2D eigenvalue weighted by Gasteiger charge is 2.29. The predicted molar refractivity (Wildman–Crippen MR) is 75.7 cm³/mol. The molecule has 0 aliphatic carbocycles. The maximum atomic E-state index is 12.1. The first-order valence-corrected chi connectivity index (χ1v) is 7.24. The Bertz CT molecular complexity index is 344. The SMILES string of the molecule is CCCOC1CCCN(C(=O)NCC(C)(C)C(=O)O)C1. The van der Waals surface area contributed by atoms with Crippen molar-refractivity contribution >= 4 is 12.0 Å². The van der Waals surface area contributed by atoms with Crippen LogP contribution in [0.5, 0.6) is 0 Å². The zero-order valence-electron chi connectivity index (χ0n) is 12.6. The van der Waals surface area contributed by atoms with Gasteiger partial charge in [0.05, 0.1) is 11.5 Å². The lowest BCUT2D eigenvalue weighted by molar-refractivity contribution is -0.146. The van der Waals surface area contributed by atoms with Gasteiger partial charge in [-0.15, -0.1) is 0 Å². The summed E-state index contributed by atoms with van der Waals surface area (Å²) in [5.41, 5.74) is -0.955. The average molecular weight is 286 g/mol. The van der Waals surface area contributed by atoms with Crippen molar-refractivity contribution in [3.8, 4) is 0 Å². The third kappa shape index (κ3) is 5.00. The summed E-state index contributed by atoms with van der Waals surface area (Å²) in [4.78, 5) is 24.8. The van der Waals surface area contributed by atoms with Gasteiger partial charge in [0, 0.05) is 26.2 Å². The van der Waals surface area contributed by atoms with E-state index in [1.807, 2.05) is 0 Å². The molecule has 6 heteroatoms. The second-order valence-corrected chi connectivity index (χ2v) is 5.93. The van der Waals surface area contributed by atoms with Gasteiger partial charge in [0.15, 0.2) is 0 Å². The highest BCUT2D eigenvalue weighted by atomic mass is 16.5. The highest BCUT2D eigenvalue weighted by Crippen LogP contribution is 2.16. The number of amides is 2. The van der Waals surface area contributed by atoms with E-state index in [1.54, 1.807) is 18.7 Å². The zero-order chi connectivity index (χ0) is 15.2. The predicted octanol–water partition coefficient (Wildman–Crippen LogP) is 1.70. The smallest absolute Gasteiger partial charge is 0.317 e. The second-order valence-electron chi connectivity index (χ2n) is 5.93. The number of likely N-dealkylation sites (tertiary alicyclic amines) is 1. The van der Waals surface area contributed by atoms with Crippen LogP contribution >= 0.6 is 0 Å². The van der Waals surface area contributed by atoms with Gasteiger partial charge < -0.3 is 20.1 Å². The van der Waals surface area contributed by atoms with Gasteiger partial charge in [-0.1, -0.05) is 6.92 Å². The molecule has 1 saturated heterocycles. The summed E-state index contributed by atoms with van der Waals surface area (Å²) in [6, 6.07) is -0.205. The van der Waals surface area contributed by atoms with Gasteiger partial charge in [0.2, 0.25) is 0 Å². The third-order valence-corrected chi connectivity index (χ3v) is 3.48. The van der Waals surface area contributed by atoms with E-state index >= 15 is 0 Å². The van der Waals surface area contributed by atoms with Crippen molar-refractivity contribution in [2.75, 3.05) is 26.2 Å². The van der Waals surface area contributed by atoms with Crippen LogP contribution in [0.3, 0.4) is 0 Å². The van der Waals surface area contributed by atoms with Gasteiger partial charge in [0.1, 0.15) is 0 Å². The van der Waals surface area contributed by atoms with Crippen LogP contribution in [-0.2, 0) is 9.53 Å². The van der Waals surface area contributed by atoms with Crippen molar-refractivity contribution in [3.05, 3.63) is 0 Å². The molecule has 2 amide bonds.